The van der Waals surface area contributed by atoms with E-state index in [2.05, 4.69) is 22.3 Å². The van der Waals surface area contributed by atoms with Crippen molar-refractivity contribution >= 4 is 17.5 Å². The Kier molecular flexibility index (Phi) is 6.53. The van der Waals surface area contributed by atoms with E-state index in [1.54, 1.807) is 6.92 Å². The van der Waals surface area contributed by atoms with Crippen LogP contribution in [0.1, 0.15) is 25.3 Å². The van der Waals surface area contributed by atoms with Crippen molar-refractivity contribution in [2.24, 2.45) is 0 Å². The summed E-state index contributed by atoms with van der Waals surface area (Å²) < 4.78 is 5.69. The van der Waals surface area contributed by atoms with Crippen LogP contribution in [-0.4, -0.2) is 36.0 Å². The van der Waals surface area contributed by atoms with E-state index in [0.29, 0.717) is 5.75 Å². The highest BCUT2D eigenvalue weighted by molar-refractivity contribution is 6.30. The summed E-state index contributed by atoms with van der Waals surface area (Å²) >= 11 is 5.93. The second-order valence-corrected chi connectivity index (χ2v) is 7.20. The minimum Gasteiger partial charge on any atom is -0.481 e. The Morgan fingerprint density at radius 3 is 2.46 bits per heavy atom. The van der Waals surface area contributed by atoms with Gasteiger partial charge in [0.1, 0.15) is 5.75 Å². The molecule has 1 aliphatic heterocycles. The number of nitrogens with zero attached hydrogens (tertiary/aromatic N) is 1. The molecule has 138 valence electrons. The van der Waals surface area contributed by atoms with Crippen LogP contribution in [-0.2, 0) is 11.3 Å². The quantitative estimate of drug-likeness (QED) is 0.836. The van der Waals surface area contributed by atoms with Gasteiger partial charge in [-0.3, -0.25) is 9.69 Å². The number of ether oxygens (including phenoxy) is 1. The molecule has 1 saturated heterocycles. The van der Waals surface area contributed by atoms with E-state index < -0.39 is 6.10 Å². The minimum atomic E-state index is -0.496. The smallest absolute Gasteiger partial charge is 0.260 e. The topological polar surface area (TPSA) is 41.6 Å². The molecule has 0 aromatic heterocycles. The molecule has 2 aromatic carbocycles. The fourth-order valence-electron chi connectivity index (χ4n) is 3.16. The number of carbonyl (C=O) groups is 1. The number of para-hydroxylation sites is 1. The molecule has 0 spiro atoms. The van der Waals surface area contributed by atoms with Crippen molar-refractivity contribution in [3.05, 3.63) is 65.2 Å². The average molecular weight is 373 g/mol. The predicted octanol–water partition coefficient (Wildman–Crippen LogP) is 3.89. The molecule has 1 amide bonds. The van der Waals surface area contributed by atoms with Crippen molar-refractivity contribution in [1.29, 1.82) is 0 Å². The van der Waals surface area contributed by atoms with Crippen LogP contribution in [0.25, 0.3) is 0 Å². The van der Waals surface area contributed by atoms with Crippen LogP contribution >= 0.6 is 11.6 Å². The molecule has 2 aromatic rings. The Balaban J connectivity index is 1.41. The summed E-state index contributed by atoms with van der Waals surface area (Å²) in [5.74, 6) is 0.665. The summed E-state index contributed by atoms with van der Waals surface area (Å²) in [4.78, 5) is 14.8. The van der Waals surface area contributed by atoms with Crippen molar-refractivity contribution in [3.8, 4) is 5.75 Å². The van der Waals surface area contributed by atoms with E-state index in [1.807, 2.05) is 42.5 Å². The molecule has 1 N–H and O–H groups in total. The number of benzene rings is 2. The van der Waals surface area contributed by atoms with E-state index >= 15 is 0 Å². The van der Waals surface area contributed by atoms with E-state index in [1.165, 1.54) is 5.56 Å². The lowest BCUT2D eigenvalue weighted by Gasteiger charge is -2.32. The van der Waals surface area contributed by atoms with E-state index in [9.17, 15) is 4.79 Å². The van der Waals surface area contributed by atoms with Gasteiger partial charge in [0, 0.05) is 30.7 Å². The van der Waals surface area contributed by atoms with Gasteiger partial charge in [-0.15, -0.1) is 0 Å². The Morgan fingerprint density at radius 2 is 1.81 bits per heavy atom. The van der Waals surface area contributed by atoms with E-state index in [0.717, 1.165) is 37.5 Å². The molecule has 5 heteroatoms. The van der Waals surface area contributed by atoms with Gasteiger partial charge in [0.15, 0.2) is 6.10 Å². The zero-order valence-electron chi connectivity index (χ0n) is 15.0. The van der Waals surface area contributed by atoms with Crippen LogP contribution < -0.4 is 10.1 Å². The van der Waals surface area contributed by atoms with Gasteiger partial charge in [-0.05, 0) is 49.6 Å². The number of halogens is 1. The van der Waals surface area contributed by atoms with E-state index in [4.69, 9.17) is 16.3 Å². The lowest BCUT2D eigenvalue weighted by atomic mass is 10.0. The van der Waals surface area contributed by atoms with E-state index in [-0.39, 0.29) is 11.9 Å². The van der Waals surface area contributed by atoms with Gasteiger partial charge in [-0.25, -0.2) is 0 Å². The van der Waals surface area contributed by atoms with Crippen molar-refractivity contribution in [1.82, 2.24) is 10.2 Å². The third-order valence-corrected chi connectivity index (χ3v) is 4.93. The summed E-state index contributed by atoms with van der Waals surface area (Å²) in [6.45, 7) is 4.66. The number of hydrogen-bond acceptors (Lipinski definition) is 3. The molecule has 0 saturated carbocycles. The molecule has 1 unspecified atom stereocenters. The van der Waals surface area contributed by atoms with Crippen molar-refractivity contribution in [2.75, 3.05) is 13.1 Å². The normalized spacial score (nSPS) is 16.8. The molecule has 1 heterocycles. The molecule has 0 radical (unpaired) electrons. The number of amides is 1. The maximum Gasteiger partial charge on any atom is 0.260 e. The standard InChI is InChI=1S/C21H25ClN2O2/c1-16(26-20-5-3-2-4-6-20)21(25)23-19-11-13-24(14-12-19)15-17-7-9-18(22)10-8-17/h2-10,16,19H,11-15H2,1H3,(H,23,25). The highest BCUT2D eigenvalue weighted by Crippen LogP contribution is 2.16. The van der Waals surface area contributed by atoms with Crippen LogP contribution in [0.5, 0.6) is 5.75 Å². The average Bonchev–Trinajstić information content (AvgIpc) is 2.66. The molecule has 1 aliphatic rings. The van der Waals surface area contributed by atoms with Crippen LogP contribution in [0.4, 0.5) is 0 Å². The van der Waals surface area contributed by atoms with Gasteiger partial charge in [0.2, 0.25) is 0 Å². The molecule has 4 nitrogen and oxygen atoms in total. The first-order chi connectivity index (χ1) is 12.6. The lowest BCUT2D eigenvalue weighted by Crippen LogP contribution is -2.47. The molecule has 0 aliphatic carbocycles. The molecule has 3 rings (SSSR count). The van der Waals surface area contributed by atoms with Gasteiger partial charge < -0.3 is 10.1 Å². The summed E-state index contributed by atoms with van der Waals surface area (Å²) in [7, 11) is 0. The maximum absolute atomic E-state index is 12.4. The molecular formula is C21H25ClN2O2. The number of nitrogens with one attached hydrogen (secondary N) is 1. The lowest BCUT2D eigenvalue weighted by molar-refractivity contribution is -0.128. The fourth-order valence-corrected chi connectivity index (χ4v) is 3.28. The fraction of sp³-hybridized carbons (Fsp3) is 0.381. The first kappa shape index (κ1) is 18.7. The SMILES string of the molecule is CC(Oc1ccccc1)C(=O)NC1CCN(Cc2ccc(Cl)cc2)CC1. The third kappa shape index (κ3) is 5.48. The second kappa shape index (κ2) is 9.06. The zero-order chi connectivity index (χ0) is 18.4. The number of rotatable bonds is 6. The second-order valence-electron chi connectivity index (χ2n) is 6.76. The first-order valence-corrected chi connectivity index (χ1v) is 9.47. The van der Waals surface area contributed by atoms with Gasteiger partial charge in [-0.1, -0.05) is 41.9 Å². The van der Waals surface area contributed by atoms with Crippen molar-refractivity contribution < 1.29 is 9.53 Å². The van der Waals surface area contributed by atoms with Crippen LogP contribution in [0.2, 0.25) is 5.02 Å². The summed E-state index contributed by atoms with van der Waals surface area (Å²) in [5.41, 5.74) is 1.27. The summed E-state index contributed by atoms with van der Waals surface area (Å²) in [6.07, 6.45) is 1.42. The maximum atomic E-state index is 12.4. The highest BCUT2D eigenvalue weighted by Gasteiger charge is 2.23. The Bertz CT molecular complexity index is 698. The number of carbonyl (C=O) groups excluding carboxylic acids is 1. The van der Waals surface area contributed by atoms with Crippen LogP contribution in [0.3, 0.4) is 0 Å². The van der Waals surface area contributed by atoms with Crippen LogP contribution in [0.15, 0.2) is 54.6 Å². The number of piperidine rings is 1. The molecule has 26 heavy (non-hydrogen) atoms. The van der Waals surface area contributed by atoms with Gasteiger partial charge in [0.25, 0.3) is 5.91 Å². The number of hydrogen-bond donors (Lipinski definition) is 1. The number of likely N-dealkylation sites (tertiary alicyclic amines) is 1. The largest absolute Gasteiger partial charge is 0.481 e. The summed E-state index contributed by atoms with van der Waals surface area (Å²) in [5, 5.41) is 3.89. The molecule has 1 atom stereocenters. The zero-order valence-corrected chi connectivity index (χ0v) is 15.8. The van der Waals surface area contributed by atoms with Gasteiger partial charge >= 0.3 is 0 Å². The van der Waals surface area contributed by atoms with Crippen LogP contribution in [0, 0.1) is 0 Å². The molecule has 0 bridgehead atoms. The third-order valence-electron chi connectivity index (χ3n) is 4.68. The first-order valence-electron chi connectivity index (χ1n) is 9.09. The Hall–Kier alpha value is -2.04. The molecule has 1 fully saturated rings. The Labute approximate surface area is 160 Å². The monoisotopic (exact) mass is 372 g/mol. The Morgan fingerprint density at radius 1 is 1.15 bits per heavy atom. The minimum absolute atomic E-state index is 0.0509. The summed E-state index contributed by atoms with van der Waals surface area (Å²) in [6, 6.07) is 17.7. The van der Waals surface area contributed by atoms with Crippen molar-refractivity contribution in [3.63, 3.8) is 0 Å². The van der Waals surface area contributed by atoms with Crippen molar-refractivity contribution in [2.45, 2.75) is 38.5 Å². The van der Waals surface area contributed by atoms with Gasteiger partial charge in [0.05, 0.1) is 0 Å². The van der Waals surface area contributed by atoms with Gasteiger partial charge in [-0.2, -0.15) is 0 Å². The predicted molar refractivity (Wildman–Crippen MR) is 104 cm³/mol. The molecular weight excluding hydrogens is 348 g/mol. The highest BCUT2D eigenvalue weighted by atomic mass is 35.5.